The van der Waals surface area contributed by atoms with Crippen molar-refractivity contribution in [1.29, 1.82) is 0 Å². The van der Waals surface area contributed by atoms with Crippen LogP contribution in [0.3, 0.4) is 0 Å². The summed E-state index contributed by atoms with van der Waals surface area (Å²) in [4.78, 5) is 14.3. The smallest absolute Gasteiger partial charge is 0.253 e. The summed E-state index contributed by atoms with van der Waals surface area (Å²) in [6, 6.07) is 7.80. The number of amides is 1. The Labute approximate surface area is 123 Å². The summed E-state index contributed by atoms with van der Waals surface area (Å²) in [6.07, 6.45) is 2.17. The number of carbonyl (C=O) groups is 1. The fraction of sp³-hybridized carbons (Fsp3) is 0.533. The Morgan fingerprint density at radius 1 is 1.42 bits per heavy atom. The molecule has 1 saturated heterocycles. The topological polar surface area (TPSA) is 29.5 Å². The van der Waals surface area contributed by atoms with Crippen molar-refractivity contribution < 1.29 is 9.53 Å². The van der Waals surface area contributed by atoms with Gasteiger partial charge in [0.2, 0.25) is 0 Å². The number of hydrogen-bond donors (Lipinski definition) is 0. The van der Waals surface area contributed by atoms with Crippen molar-refractivity contribution in [2.45, 2.75) is 25.9 Å². The Morgan fingerprint density at radius 3 is 2.79 bits per heavy atom. The molecule has 1 fully saturated rings. The van der Waals surface area contributed by atoms with Crippen LogP contribution < -0.4 is 0 Å². The molecule has 1 aliphatic rings. The monoisotopic (exact) mass is 325 g/mol. The molecule has 0 bridgehead atoms. The van der Waals surface area contributed by atoms with Crippen molar-refractivity contribution in [3.05, 3.63) is 35.4 Å². The van der Waals surface area contributed by atoms with Crippen molar-refractivity contribution >= 4 is 21.8 Å². The van der Waals surface area contributed by atoms with Gasteiger partial charge in [0, 0.05) is 24.0 Å². The minimum Gasteiger partial charge on any atom is -0.377 e. The SMILES string of the molecule is Cc1cccc(C(=O)N2CCC(OCCBr)CC2)c1. The summed E-state index contributed by atoms with van der Waals surface area (Å²) >= 11 is 3.36. The third kappa shape index (κ3) is 4.05. The number of alkyl halides is 1. The van der Waals surface area contributed by atoms with E-state index in [2.05, 4.69) is 15.9 Å². The zero-order chi connectivity index (χ0) is 13.7. The van der Waals surface area contributed by atoms with Gasteiger partial charge < -0.3 is 9.64 Å². The van der Waals surface area contributed by atoms with E-state index in [-0.39, 0.29) is 5.91 Å². The van der Waals surface area contributed by atoms with Crippen LogP contribution in [0.4, 0.5) is 0 Å². The van der Waals surface area contributed by atoms with Crippen LogP contribution in [0.15, 0.2) is 24.3 Å². The molecule has 1 aromatic rings. The molecule has 1 aliphatic heterocycles. The lowest BCUT2D eigenvalue weighted by molar-refractivity contribution is 0.0160. The molecule has 0 unspecified atom stereocenters. The highest BCUT2D eigenvalue weighted by Crippen LogP contribution is 2.17. The quantitative estimate of drug-likeness (QED) is 0.796. The number of carbonyl (C=O) groups excluding carboxylic acids is 1. The van der Waals surface area contributed by atoms with E-state index in [1.165, 1.54) is 0 Å². The molecule has 0 spiro atoms. The number of halogens is 1. The fourth-order valence-electron chi connectivity index (χ4n) is 2.40. The average Bonchev–Trinajstić information content (AvgIpc) is 2.45. The highest BCUT2D eigenvalue weighted by molar-refractivity contribution is 9.09. The molecule has 0 aromatic heterocycles. The van der Waals surface area contributed by atoms with Crippen LogP contribution >= 0.6 is 15.9 Å². The Balaban J connectivity index is 1.89. The fourth-order valence-corrected chi connectivity index (χ4v) is 2.58. The van der Waals surface area contributed by atoms with Gasteiger partial charge in [0.05, 0.1) is 12.7 Å². The van der Waals surface area contributed by atoms with Crippen molar-refractivity contribution in [3.8, 4) is 0 Å². The Hall–Kier alpha value is -0.870. The number of benzene rings is 1. The van der Waals surface area contributed by atoms with Gasteiger partial charge in [0.15, 0.2) is 0 Å². The standard InChI is InChI=1S/C15H20BrNO2/c1-12-3-2-4-13(11-12)15(18)17-8-5-14(6-9-17)19-10-7-16/h2-4,11,14H,5-10H2,1H3. The Bertz CT molecular complexity index is 428. The molecule has 0 saturated carbocycles. The lowest BCUT2D eigenvalue weighted by atomic mass is 10.1. The van der Waals surface area contributed by atoms with Gasteiger partial charge >= 0.3 is 0 Å². The second-order valence-electron chi connectivity index (χ2n) is 4.92. The summed E-state index contributed by atoms with van der Waals surface area (Å²) in [5.74, 6) is 0.141. The summed E-state index contributed by atoms with van der Waals surface area (Å²) < 4.78 is 5.70. The molecular formula is C15H20BrNO2. The highest BCUT2D eigenvalue weighted by Gasteiger charge is 2.23. The maximum absolute atomic E-state index is 12.4. The minimum absolute atomic E-state index is 0.141. The summed E-state index contributed by atoms with van der Waals surface area (Å²) in [5, 5.41) is 0.870. The van der Waals surface area contributed by atoms with Gasteiger partial charge in [-0.25, -0.2) is 0 Å². The highest BCUT2D eigenvalue weighted by atomic mass is 79.9. The van der Waals surface area contributed by atoms with Crippen molar-refractivity contribution in [1.82, 2.24) is 4.90 Å². The van der Waals surface area contributed by atoms with E-state index < -0.39 is 0 Å². The van der Waals surface area contributed by atoms with Crippen LogP contribution in [-0.2, 0) is 4.74 Å². The molecule has 0 N–H and O–H groups in total. The third-order valence-corrected chi connectivity index (χ3v) is 3.75. The van der Waals surface area contributed by atoms with Gasteiger partial charge in [-0.3, -0.25) is 4.79 Å². The number of likely N-dealkylation sites (tertiary alicyclic amines) is 1. The summed E-state index contributed by atoms with van der Waals surface area (Å²) in [6.45, 7) is 4.34. The van der Waals surface area contributed by atoms with E-state index in [0.717, 1.165) is 49.0 Å². The van der Waals surface area contributed by atoms with Crippen LogP contribution in [0, 0.1) is 6.92 Å². The van der Waals surface area contributed by atoms with Crippen LogP contribution in [0.25, 0.3) is 0 Å². The van der Waals surface area contributed by atoms with Crippen LogP contribution in [-0.4, -0.2) is 41.9 Å². The predicted octanol–water partition coefficient (Wildman–Crippen LogP) is 3.01. The number of hydrogen-bond acceptors (Lipinski definition) is 2. The van der Waals surface area contributed by atoms with Crippen LogP contribution in [0.2, 0.25) is 0 Å². The average molecular weight is 326 g/mol. The molecule has 0 aliphatic carbocycles. The molecule has 3 nitrogen and oxygen atoms in total. The van der Waals surface area contributed by atoms with Crippen LogP contribution in [0.1, 0.15) is 28.8 Å². The molecule has 1 aromatic carbocycles. The lowest BCUT2D eigenvalue weighted by Gasteiger charge is -2.32. The second kappa shape index (κ2) is 7.06. The Morgan fingerprint density at radius 2 is 2.16 bits per heavy atom. The molecule has 0 atom stereocenters. The maximum atomic E-state index is 12.4. The van der Waals surface area contributed by atoms with Crippen LogP contribution in [0.5, 0.6) is 0 Å². The molecule has 0 radical (unpaired) electrons. The minimum atomic E-state index is 0.141. The van der Waals surface area contributed by atoms with Crippen molar-refractivity contribution in [2.75, 3.05) is 25.0 Å². The van der Waals surface area contributed by atoms with Gasteiger partial charge in [-0.05, 0) is 31.9 Å². The molecule has 104 valence electrons. The summed E-state index contributed by atoms with van der Waals surface area (Å²) in [5.41, 5.74) is 1.92. The zero-order valence-electron chi connectivity index (χ0n) is 11.3. The first-order valence-corrected chi connectivity index (χ1v) is 7.86. The first kappa shape index (κ1) is 14.5. The van der Waals surface area contributed by atoms with Gasteiger partial charge in [-0.15, -0.1) is 0 Å². The first-order chi connectivity index (χ1) is 9.20. The van der Waals surface area contributed by atoms with E-state index in [9.17, 15) is 4.79 Å². The van der Waals surface area contributed by atoms with Gasteiger partial charge in [-0.2, -0.15) is 0 Å². The first-order valence-electron chi connectivity index (χ1n) is 6.74. The van der Waals surface area contributed by atoms with E-state index in [1.807, 2.05) is 36.1 Å². The van der Waals surface area contributed by atoms with Crippen molar-refractivity contribution in [2.24, 2.45) is 0 Å². The normalized spacial score (nSPS) is 16.6. The van der Waals surface area contributed by atoms with E-state index >= 15 is 0 Å². The lowest BCUT2D eigenvalue weighted by Crippen LogP contribution is -2.41. The number of aryl methyl sites for hydroxylation is 1. The van der Waals surface area contributed by atoms with Gasteiger partial charge in [0.25, 0.3) is 5.91 Å². The molecule has 4 heteroatoms. The second-order valence-corrected chi connectivity index (χ2v) is 5.71. The maximum Gasteiger partial charge on any atom is 0.253 e. The number of nitrogens with zero attached hydrogens (tertiary/aromatic N) is 1. The zero-order valence-corrected chi connectivity index (χ0v) is 12.9. The Kier molecular flexibility index (Phi) is 5.40. The van der Waals surface area contributed by atoms with Gasteiger partial charge in [-0.1, -0.05) is 33.6 Å². The van der Waals surface area contributed by atoms with E-state index in [1.54, 1.807) is 0 Å². The molecule has 1 amide bonds. The number of ether oxygens (including phenoxy) is 1. The molecule has 2 rings (SSSR count). The molecule has 1 heterocycles. The predicted molar refractivity (Wildman–Crippen MR) is 79.9 cm³/mol. The van der Waals surface area contributed by atoms with E-state index in [4.69, 9.17) is 4.74 Å². The number of piperidine rings is 1. The van der Waals surface area contributed by atoms with Gasteiger partial charge in [0.1, 0.15) is 0 Å². The largest absolute Gasteiger partial charge is 0.377 e. The third-order valence-electron chi connectivity index (χ3n) is 3.42. The molecular weight excluding hydrogens is 306 g/mol. The molecule has 19 heavy (non-hydrogen) atoms. The van der Waals surface area contributed by atoms with Crippen molar-refractivity contribution in [3.63, 3.8) is 0 Å². The number of rotatable bonds is 4. The summed E-state index contributed by atoms with van der Waals surface area (Å²) in [7, 11) is 0. The van der Waals surface area contributed by atoms with E-state index in [0.29, 0.717) is 6.10 Å².